The number of halogens is 2. The monoisotopic (exact) mass is 522 g/mol. The minimum absolute atomic E-state index is 0.256. The molecule has 1 aliphatic rings. The molecule has 0 saturated carbocycles. The zero-order valence-electron chi connectivity index (χ0n) is 17.3. The highest BCUT2D eigenvalue weighted by Crippen LogP contribution is 2.38. The molecule has 0 radical (unpaired) electrons. The summed E-state index contributed by atoms with van der Waals surface area (Å²) in [7, 11) is 0. The number of nitrogens with zero attached hydrogens (tertiary/aromatic N) is 1. The summed E-state index contributed by atoms with van der Waals surface area (Å²) in [6.45, 7) is 3.93. The molecule has 0 atom stereocenters. The van der Waals surface area contributed by atoms with E-state index in [0.717, 1.165) is 0 Å². The molecule has 168 valence electrons. The van der Waals surface area contributed by atoms with E-state index >= 15 is 0 Å². The molecular formula is C22H20BrFN2O5S. The predicted molar refractivity (Wildman–Crippen MR) is 125 cm³/mol. The van der Waals surface area contributed by atoms with Crippen molar-refractivity contribution < 1.29 is 28.2 Å². The van der Waals surface area contributed by atoms with E-state index < -0.39 is 5.97 Å². The molecule has 1 aliphatic heterocycles. The number of amidine groups is 1. The van der Waals surface area contributed by atoms with Crippen molar-refractivity contribution in [2.24, 2.45) is 4.99 Å². The van der Waals surface area contributed by atoms with Gasteiger partial charge in [0, 0.05) is 0 Å². The summed E-state index contributed by atoms with van der Waals surface area (Å²) in [6, 6.07) is 9.12. The van der Waals surface area contributed by atoms with Crippen LogP contribution in [0.2, 0.25) is 0 Å². The predicted octanol–water partition coefficient (Wildman–Crippen LogP) is 4.82. The van der Waals surface area contributed by atoms with Crippen molar-refractivity contribution in [3.63, 3.8) is 0 Å². The van der Waals surface area contributed by atoms with E-state index in [1.54, 1.807) is 25.1 Å². The van der Waals surface area contributed by atoms with Crippen molar-refractivity contribution >= 4 is 56.5 Å². The Bertz CT molecular complexity index is 1070. The summed E-state index contributed by atoms with van der Waals surface area (Å²) in [6.07, 6.45) is 1.69. The number of thioether (sulfide) groups is 1. The largest absolute Gasteiger partial charge is 0.490 e. The summed E-state index contributed by atoms with van der Waals surface area (Å²) in [5.74, 6) is -0.360. The molecule has 0 aliphatic carbocycles. The van der Waals surface area contributed by atoms with Crippen LogP contribution in [0.4, 0.5) is 10.1 Å². The second kappa shape index (κ2) is 11.1. The fourth-order valence-electron chi connectivity index (χ4n) is 2.67. The number of carbonyl (C=O) groups is 2. The van der Waals surface area contributed by atoms with Gasteiger partial charge in [-0.3, -0.25) is 4.79 Å². The summed E-state index contributed by atoms with van der Waals surface area (Å²) in [5.41, 5.74) is 1.21. The molecule has 10 heteroatoms. The number of benzene rings is 2. The Hall–Kier alpha value is -2.85. The van der Waals surface area contributed by atoms with Gasteiger partial charge in [0.15, 0.2) is 23.3 Å². The van der Waals surface area contributed by atoms with E-state index in [9.17, 15) is 14.0 Å². The molecule has 1 heterocycles. The van der Waals surface area contributed by atoms with Crippen LogP contribution in [0.25, 0.3) is 6.08 Å². The standard InChI is InChI=1S/C22H20BrFN2O5S/c1-3-29-17-10-13(9-16(23)20(17)31-12-19(27)30-4-2)11-18-21(28)26-22(32-18)25-15-7-5-14(24)6-8-15/h5-11H,3-4,12H2,1-2H3,(H,25,26,28)/b18-11+. The molecule has 0 aromatic heterocycles. The van der Waals surface area contributed by atoms with Crippen LogP contribution in [0.5, 0.6) is 11.5 Å². The maximum atomic E-state index is 13.1. The van der Waals surface area contributed by atoms with Gasteiger partial charge in [0.1, 0.15) is 5.82 Å². The highest BCUT2D eigenvalue weighted by Gasteiger charge is 2.24. The highest BCUT2D eigenvalue weighted by atomic mass is 79.9. The number of hydrogen-bond donors (Lipinski definition) is 1. The van der Waals surface area contributed by atoms with Crippen molar-refractivity contribution in [2.75, 3.05) is 19.8 Å². The van der Waals surface area contributed by atoms with E-state index in [0.29, 0.717) is 43.9 Å². The van der Waals surface area contributed by atoms with Gasteiger partial charge in [0.25, 0.3) is 5.91 Å². The van der Waals surface area contributed by atoms with Gasteiger partial charge < -0.3 is 19.5 Å². The fraction of sp³-hybridized carbons (Fsp3) is 0.227. The number of carbonyl (C=O) groups excluding carboxylic acids is 2. The second-order valence-electron chi connectivity index (χ2n) is 6.31. The van der Waals surface area contributed by atoms with Crippen molar-refractivity contribution in [1.29, 1.82) is 0 Å². The van der Waals surface area contributed by atoms with Crippen LogP contribution in [0.3, 0.4) is 0 Å². The molecule has 0 unspecified atom stereocenters. The third-order valence-electron chi connectivity index (χ3n) is 3.98. The van der Waals surface area contributed by atoms with Crippen LogP contribution in [0, 0.1) is 5.82 Å². The molecule has 0 spiro atoms. The quantitative estimate of drug-likeness (QED) is 0.395. The van der Waals surface area contributed by atoms with Gasteiger partial charge in [-0.2, -0.15) is 0 Å². The molecule has 1 amide bonds. The Kier molecular flexibility index (Phi) is 8.29. The first-order valence-corrected chi connectivity index (χ1v) is 11.3. The number of ether oxygens (including phenoxy) is 3. The zero-order chi connectivity index (χ0) is 23.1. The van der Waals surface area contributed by atoms with Crippen LogP contribution in [-0.4, -0.2) is 36.9 Å². The van der Waals surface area contributed by atoms with Crippen LogP contribution >= 0.6 is 27.7 Å². The first-order valence-electron chi connectivity index (χ1n) is 9.69. The summed E-state index contributed by atoms with van der Waals surface area (Å²) >= 11 is 4.61. The Labute approximate surface area is 197 Å². The Balaban J connectivity index is 1.81. The molecule has 32 heavy (non-hydrogen) atoms. The lowest BCUT2D eigenvalue weighted by atomic mass is 10.2. The highest BCUT2D eigenvalue weighted by molar-refractivity contribution is 9.10. The molecule has 0 bridgehead atoms. The molecule has 1 saturated heterocycles. The molecule has 1 fully saturated rings. The summed E-state index contributed by atoms with van der Waals surface area (Å²) in [4.78, 5) is 28.7. The molecule has 3 rings (SSSR count). The van der Waals surface area contributed by atoms with Gasteiger partial charge in [0.05, 0.1) is 28.3 Å². The van der Waals surface area contributed by atoms with Gasteiger partial charge >= 0.3 is 5.97 Å². The van der Waals surface area contributed by atoms with Gasteiger partial charge in [-0.15, -0.1) is 0 Å². The van der Waals surface area contributed by atoms with Crippen LogP contribution in [-0.2, 0) is 14.3 Å². The number of hydrogen-bond acceptors (Lipinski definition) is 7. The topological polar surface area (TPSA) is 86.2 Å². The minimum atomic E-state index is -0.486. The molecule has 2 aromatic carbocycles. The maximum Gasteiger partial charge on any atom is 0.344 e. The van der Waals surface area contributed by atoms with E-state index in [2.05, 4.69) is 26.2 Å². The van der Waals surface area contributed by atoms with Gasteiger partial charge in [-0.05, 0) is 89.6 Å². The average molecular weight is 523 g/mol. The van der Waals surface area contributed by atoms with Crippen LogP contribution in [0.15, 0.2) is 50.8 Å². The Morgan fingerprint density at radius 3 is 2.62 bits per heavy atom. The number of esters is 1. The summed E-state index contributed by atoms with van der Waals surface area (Å²) < 4.78 is 29.7. The summed E-state index contributed by atoms with van der Waals surface area (Å²) in [5, 5.41) is 3.09. The van der Waals surface area contributed by atoms with Gasteiger partial charge in [0.2, 0.25) is 0 Å². The number of amides is 1. The first-order chi connectivity index (χ1) is 15.4. The fourth-order valence-corrected chi connectivity index (χ4v) is 4.09. The molecule has 7 nitrogen and oxygen atoms in total. The number of nitrogens with one attached hydrogen (secondary N) is 1. The van der Waals surface area contributed by atoms with E-state index in [4.69, 9.17) is 14.2 Å². The van der Waals surface area contributed by atoms with Gasteiger partial charge in [-0.1, -0.05) is 0 Å². The number of rotatable bonds is 8. The van der Waals surface area contributed by atoms with Crippen LogP contribution in [0.1, 0.15) is 19.4 Å². The van der Waals surface area contributed by atoms with E-state index in [1.807, 2.05) is 6.92 Å². The van der Waals surface area contributed by atoms with Crippen molar-refractivity contribution in [3.05, 3.63) is 57.2 Å². The zero-order valence-corrected chi connectivity index (χ0v) is 19.7. The van der Waals surface area contributed by atoms with Crippen LogP contribution < -0.4 is 14.8 Å². The van der Waals surface area contributed by atoms with Crippen molar-refractivity contribution in [1.82, 2.24) is 5.32 Å². The lowest BCUT2D eigenvalue weighted by Gasteiger charge is -2.14. The Morgan fingerprint density at radius 1 is 1.19 bits per heavy atom. The smallest absolute Gasteiger partial charge is 0.344 e. The molecule has 1 N–H and O–H groups in total. The molecule has 2 aromatic rings. The van der Waals surface area contributed by atoms with Gasteiger partial charge in [-0.25, -0.2) is 14.2 Å². The van der Waals surface area contributed by atoms with Crippen molar-refractivity contribution in [3.8, 4) is 11.5 Å². The van der Waals surface area contributed by atoms with E-state index in [1.165, 1.54) is 36.0 Å². The normalized spacial score (nSPS) is 15.7. The minimum Gasteiger partial charge on any atom is -0.490 e. The lowest BCUT2D eigenvalue weighted by Crippen LogP contribution is -2.19. The number of aliphatic imine (C=N–C) groups is 1. The Morgan fingerprint density at radius 2 is 1.94 bits per heavy atom. The molecular weight excluding hydrogens is 503 g/mol. The lowest BCUT2D eigenvalue weighted by molar-refractivity contribution is -0.145. The SMILES string of the molecule is CCOC(=O)COc1c(Br)cc(/C=C2/SC(=Nc3ccc(F)cc3)NC2=O)cc1OCC. The maximum absolute atomic E-state index is 13.1. The average Bonchev–Trinajstić information content (AvgIpc) is 3.08. The first kappa shape index (κ1) is 23.8. The third-order valence-corrected chi connectivity index (χ3v) is 5.48. The third kappa shape index (κ3) is 6.33. The second-order valence-corrected chi connectivity index (χ2v) is 8.20. The van der Waals surface area contributed by atoms with E-state index in [-0.39, 0.29) is 24.9 Å². The van der Waals surface area contributed by atoms with Crippen molar-refractivity contribution in [2.45, 2.75) is 13.8 Å².